The zero-order valence-electron chi connectivity index (χ0n) is 22.1. The molecule has 0 saturated heterocycles. The normalized spacial score (nSPS) is 11.9. The van der Waals surface area contributed by atoms with Crippen molar-refractivity contribution in [2.75, 3.05) is 24.5 Å². The number of nitrogens with one attached hydrogen (secondary N) is 1. The summed E-state index contributed by atoms with van der Waals surface area (Å²) < 4.78 is 35.5. The highest BCUT2D eigenvalue weighted by molar-refractivity contribution is 9.10. The number of rotatable bonds is 11. The van der Waals surface area contributed by atoms with Gasteiger partial charge in [-0.3, -0.25) is 13.9 Å². The van der Waals surface area contributed by atoms with Gasteiger partial charge in [-0.15, -0.1) is 0 Å². The Labute approximate surface area is 246 Å². The molecule has 0 fully saturated rings. The number of anilines is 1. The first-order valence-corrected chi connectivity index (χ1v) is 15.2. The summed E-state index contributed by atoms with van der Waals surface area (Å²) in [5, 5.41) is 2.75. The highest BCUT2D eigenvalue weighted by atomic mass is 79.9. The van der Waals surface area contributed by atoms with Gasteiger partial charge < -0.3 is 15.0 Å². The quantitative estimate of drug-likeness (QED) is 0.298. The van der Waals surface area contributed by atoms with E-state index in [1.165, 1.54) is 24.1 Å². The largest absolute Gasteiger partial charge is 0.496 e. The van der Waals surface area contributed by atoms with Gasteiger partial charge in [0.25, 0.3) is 10.0 Å². The third-order valence-electron chi connectivity index (χ3n) is 6.10. The maximum absolute atomic E-state index is 13.9. The van der Waals surface area contributed by atoms with E-state index in [1.54, 1.807) is 44.2 Å². The van der Waals surface area contributed by atoms with E-state index >= 15 is 0 Å². The zero-order valence-corrected chi connectivity index (χ0v) is 26.1. The number of benzene rings is 3. The second-order valence-electron chi connectivity index (χ2n) is 8.86. The fourth-order valence-electron chi connectivity index (χ4n) is 3.87. The van der Waals surface area contributed by atoms with Crippen LogP contribution >= 0.6 is 31.9 Å². The molecule has 39 heavy (non-hydrogen) atoms. The van der Waals surface area contributed by atoms with Gasteiger partial charge in [-0.2, -0.15) is 0 Å². The molecule has 0 saturated carbocycles. The van der Waals surface area contributed by atoms with E-state index in [2.05, 4.69) is 37.2 Å². The minimum Gasteiger partial charge on any atom is -0.496 e. The van der Waals surface area contributed by atoms with E-state index in [-0.39, 0.29) is 17.3 Å². The van der Waals surface area contributed by atoms with Crippen molar-refractivity contribution >= 4 is 59.4 Å². The molecule has 3 aromatic rings. The van der Waals surface area contributed by atoms with Crippen molar-refractivity contribution in [1.29, 1.82) is 0 Å². The molecular weight excluding hydrogens is 650 g/mol. The highest BCUT2D eigenvalue weighted by Crippen LogP contribution is 2.31. The smallest absolute Gasteiger partial charge is 0.264 e. The molecule has 0 unspecified atom stereocenters. The van der Waals surface area contributed by atoms with Gasteiger partial charge in [-0.05, 0) is 84.7 Å². The lowest BCUT2D eigenvalue weighted by Gasteiger charge is -2.32. The van der Waals surface area contributed by atoms with E-state index in [9.17, 15) is 18.0 Å². The lowest BCUT2D eigenvalue weighted by atomic mass is 10.1. The molecule has 0 heterocycles. The van der Waals surface area contributed by atoms with Crippen LogP contribution in [0.3, 0.4) is 0 Å². The van der Waals surface area contributed by atoms with Crippen LogP contribution in [0.5, 0.6) is 5.75 Å². The van der Waals surface area contributed by atoms with Crippen LogP contribution in [0.25, 0.3) is 0 Å². The number of ether oxygens (including phenoxy) is 1. The first-order valence-electron chi connectivity index (χ1n) is 12.2. The summed E-state index contributed by atoms with van der Waals surface area (Å²) >= 11 is 6.76. The molecule has 0 aromatic heterocycles. The second kappa shape index (κ2) is 13.5. The number of sulfonamides is 1. The van der Waals surface area contributed by atoms with Crippen LogP contribution in [-0.4, -0.2) is 51.4 Å². The van der Waals surface area contributed by atoms with Crippen LogP contribution < -0.4 is 14.4 Å². The number of hydrogen-bond donors (Lipinski definition) is 1. The maximum atomic E-state index is 13.9. The molecule has 0 bridgehead atoms. The molecule has 0 spiro atoms. The molecule has 1 N–H and O–H groups in total. The minimum atomic E-state index is -4.18. The van der Waals surface area contributed by atoms with Gasteiger partial charge in [-0.25, -0.2) is 8.42 Å². The number of aryl methyl sites for hydroxylation is 1. The number of likely N-dealkylation sites (N-methyl/N-ethyl adjacent to an activating group) is 1. The number of methoxy groups -OCH3 is 1. The molecular formula is C28H31Br2N3O5S. The maximum Gasteiger partial charge on any atom is 0.264 e. The predicted molar refractivity (Wildman–Crippen MR) is 159 cm³/mol. The first kappa shape index (κ1) is 30.6. The third kappa shape index (κ3) is 7.61. The molecule has 0 aliphatic carbocycles. The molecule has 8 nitrogen and oxygen atoms in total. The van der Waals surface area contributed by atoms with Gasteiger partial charge in [0.15, 0.2) is 0 Å². The number of nitrogens with zero attached hydrogens (tertiary/aromatic N) is 2. The van der Waals surface area contributed by atoms with Crippen LogP contribution in [0.1, 0.15) is 25.0 Å². The third-order valence-corrected chi connectivity index (χ3v) is 9.01. The van der Waals surface area contributed by atoms with Crippen molar-refractivity contribution in [1.82, 2.24) is 10.2 Å². The number of carbonyl (C=O) groups is 2. The Kier molecular flexibility index (Phi) is 10.6. The van der Waals surface area contributed by atoms with Crippen LogP contribution in [0.15, 0.2) is 80.6 Å². The Bertz CT molecular complexity index is 1410. The summed E-state index contributed by atoms with van der Waals surface area (Å²) in [7, 11) is -2.70. The van der Waals surface area contributed by atoms with Gasteiger partial charge in [-0.1, -0.05) is 45.8 Å². The topological polar surface area (TPSA) is 96.0 Å². The molecule has 1 atom stereocenters. The number of halogens is 2. The zero-order chi connectivity index (χ0) is 28.7. The van der Waals surface area contributed by atoms with Crippen LogP contribution in [0.2, 0.25) is 0 Å². The summed E-state index contributed by atoms with van der Waals surface area (Å²) in [6.45, 7) is 5.34. The van der Waals surface area contributed by atoms with E-state index in [0.717, 1.165) is 19.9 Å². The number of carbonyl (C=O) groups excluding carboxylic acids is 2. The molecule has 3 rings (SSSR count). The lowest BCUT2D eigenvalue weighted by Crippen LogP contribution is -2.51. The Morgan fingerprint density at radius 2 is 1.64 bits per heavy atom. The van der Waals surface area contributed by atoms with Crippen LogP contribution in [-0.2, 0) is 26.2 Å². The average molecular weight is 681 g/mol. The average Bonchev–Trinajstić information content (AvgIpc) is 2.91. The standard InChI is InChI=1S/C28H31Br2N3O5S/c1-5-31-28(35)20(3)32(17-21-8-10-22(29)11-9-21)27(34)18-33(23-12-6-19(2)7-13-23)39(36,37)24-14-15-26(38-4)25(30)16-24/h6-16,20H,5,17-18H2,1-4H3,(H,31,35)/t20-/m0/s1. The SMILES string of the molecule is CCNC(=O)[C@H](C)N(Cc1ccc(Br)cc1)C(=O)CN(c1ccc(C)cc1)S(=O)(=O)c1ccc(OC)c(Br)c1. The Hall–Kier alpha value is -2.89. The predicted octanol–water partition coefficient (Wildman–Crippen LogP) is 5.28. The Morgan fingerprint density at radius 1 is 1.00 bits per heavy atom. The van der Waals surface area contributed by atoms with Crippen LogP contribution in [0.4, 0.5) is 5.69 Å². The highest BCUT2D eigenvalue weighted by Gasteiger charge is 2.32. The fourth-order valence-corrected chi connectivity index (χ4v) is 6.26. The van der Waals surface area contributed by atoms with E-state index < -0.39 is 28.5 Å². The molecule has 0 aliphatic rings. The van der Waals surface area contributed by atoms with E-state index in [0.29, 0.717) is 22.5 Å². The molecule has 3 aromatic carbocycles. The number of hydrogen-bond acceptors (Lipinski definition) is 5. The lowest BCUT2D eigenvalue weighted by molar-refractivity contribution is -0.139. The monoisotopic (exact) mass is 679 g/mol. The molecule has 0 radical (unpaired) electrons. The molecule has 0 aliphatic heterocycles. The van der Waals surface area contributed by atoms with Crippen molar-refractivity contribution < 1.29 is 22.7 Å². The van der Waals surface area contributed by atoms with Crippen molar-refractivity contribution in [2.24, 2.45) is 0 Å². The summed E-state index contributed by atoms with van der Waals surface area (Å²) in [5.74, 6) is -0.372. The molecule has 208 valence electrons. The summed E-state index contributed by atoms with van der Waals surface area (Å²) in [4.78, 5) is 28.0. The molecule has 2 amide bonds. The summed E-state index contributed by atoms with van der Waals surface area (Å²) in [6, 6.07) is 17.8. The van der Waals surface area contributed by atoms with E-state index in [1.807, 2.05) is 31.2 Å². The molecule has 11 heteroatoms. The first-order chi connectivity index (χ1) is 18.5. The van der Waals surface area contributed by atoms with Gasteiger partial charge in [0, 0.05) is 17.6 Å². The van der Waals surface area contributed by atoms with Gasteiger partial charge in [0.05, 0.1) is 22.2 Å². The van der Waals surface area contributed by atoms with Gasteiger partial charge in [0.1, 0.15) is 18.3 Å². The fraction of sp³-hybridized carbons (Fsp3) is 0.286. The number of amides is 2. The minimum absolute atomic E-state index is 0.0141. The summed E-state index contributed by atoms with van der Waals surface area (Å²) in [5.41, 5.74) is 2.07. The van der Waals surface area contributed by atoms with Crippen molar-refractivity contribution in [3.63, 3.8) is 0 Å². The van der Waals surface area contributed by atoms with Crippen molar-refractivity contribution in [3.8, 4) is 5.75 Å². The second-order valence-corrected chi connectivity index (χ2v) is 12.5. The van der Waals surface area contributed by atoms with E-state index in [4.69, 9.17) is 4.74 Å². The van der Waals surface area contributed by atoms with Crippen LogP contribution in [0, 0.1) is 6.92 Å². The Morgan fingerprint density at radius 3 is 2.21 bits per heavy atom. The van der Waals surface area contributed by atoms with Gasteiger partial charge >= 0.3 is 0 Å². The Balaban J connectivity index is 2.04. The van der Waals surface area contributed by atoms with Gasteiger partial charge in [0.2, 0.25) is 11.8 Å². The van der Waals surface area contributed by atoms with Crippen molar-refractivity contribution in [3.05, 3.63) is 86.8 Å². The summed E-state index contributed by atoms with van der Waals surface area (Å²) in [6.07, 6.45) is 0. The van der Waals surface area contributed by atoms with Crippen molar-refractivity contribution in [2.45, 2.75) is 38.3 Å².